The van der Waals surface area contributed by atoms with E-state index in [1.54, 1.807) is 0 Å². The lowest BCUT2D eigenvalue weighted by molar-refractivity contribution is -0.932. The van der Waals surface area contributed by atoms with Crippen molar-refractivity contribution in [2.75, 3.05) is 45.5 Å². The lowest BCUT2D eigenvalue weighted by Gasteiger charge is -2.42. The van der Waals surface area contributed by atoms with E-state index in [0.29, 0.717) is 0 Å². The SMILES string of the molecule is CNCCCCCCCCC[N+]1(CCCCCCCCCCS)CCCCC1. The third-order valence-corrected chi connectivity index (χ3v) is 7.18. The number of rotatable bonds is 20. The smallest absolute Gasteiger partial charge is 0.0786 e. The monoisotopic (exact) mass is 413 g/mol. The molecule has 0 atom stereocenters. The van der Waals surface area contributed by atoms with Crippen molar-refractivity contribution in [3.63, 3.8) is 0 Å². The Labute approximate surface area is 183 Å². The molecule has 168 valence electrons. The second-order valence-corrected chi connectivity index (χ2v) is 9.87. The largest absolute Gasteiger partial charge is 0.324 e. The van der Waals surface area contributed by atoms with Gasteiger partial charge in [-0.25, -0.2) is 0 Å². The van der Waals surface area contributed by atoms with Gasteiger partial charge in [0, 0.05) is 0 Å². The summed E-state index contributed by atoms with van der Waals surface area (Å²) in [7, 11) is 2.06. The zero-order chi connectivity index (χ0) is 20.2. The van der Waals surface area contributed by atoms with Crippen LogP contribution >= 0.6 is 12.6 Å². The van der Waals surface area contributed by atoms with Gasteiger partial charge in [0.05, 0.1) is 26.2 Å². The van der Waals surface area contributed by atoms with Crippen LogP contribution in [0.1, 0.15) is 116 Å². The molecule has 1 fully saturated rings. The van der Waals surface area contributed by atoms with Crippen molar-refractivity contribution >= 4 is 12.6 Å². The Bertz CT molecular complexity index is 292. The lowest BCUT2D eigenvalue weighted by Crippen LogP contribution is -2.52. The first-order valence-electron chi connectivity index (χ1n) is 12.9. The second-order valence-electron chi connectivity index (χ2n) is 9.43. The molecular weight excluding hydrogens is 360 g/mol. The molecule has 0 aromatic rings. The summed E-state index contributed by atoms with van der Waals surface area (Å²) in [5.41, 5.74) is 0. The summed E-state index contributed by atoms with van der Waals surface area (Å²) in [4.78, 5) is 0. The predicted molar refractivity (Wildman–Crippen MR) is 131 cm³/mol. The number of nitrogens with zero attached hydrogens (tertiary/aromatic N) is 1. The van der Waals surface area contributed by atoms with Crippen LogP contribution in [0, 0.1) is 0 Å². The fourth-order valence-electron chi connectivity index (χ4n) is 4.99. The number of thiol groups is 1. The minimum absolute atomic E-state index is 1.07. The Morgan fingerprint density at radius 2 is 1.00 bits per heavy atom. The molecule has 1 aliphatic heterocycles. The van der Waals surface area contributed by atoms with Crippen molar-refractivity contribution in [2.45, 2.75) is 116 Å². The van der Waals surface area contributed by atoms with Gasteiger partial charge in [-0.15, -0.1) is 0 Å². The molecule has 1 heterocycles. The van der Waals surface area contributed by atoms with E-state index in [2.05, 4.69) is 25.0 Å². The van der Waals surface area contributed by atoms with Gasteiger partial charge in [-0.2, -0.15) is 12.6 Å². The fraction of sp³-hybridized carbons (Fsp3) is 1.00. The summed E-state index contributed by atoms with van der Waals surface area (Å²) in [6.07, 6.45) is 26.0. The average molecular weight is 414 g/mol. The van der Waals surface area contributed by atoms with E-state index >= 15 is 0 Å². The van der Waals surface area contributed by atoms with Crippen LogP contribution in [-0.2, 0) is 0 Å². The summed E-state index contributed by atoms with van der Waals surface area (Å²) >= 11 is 4.30. The molecule has 0 bridgehead atoms. The van der Waals surface area contributed by atoms with E-state index in [0.717, 1.165) is 5.75 Å². The molecule has 0 aromatic carbocycles. The Morgan fingerprint density at radius 1 is 0.571 bits per heavy atom. The molecule has 2 nitrogen and oxygen atoms in total. The molecule has 0 amide bonds. The van der Waals surface area contributed by atoms with Crippen molar-refractivity contribution in [1.82, 2.24) is 5.32 Å². The van der Waals surface area contributed by atoms with Gasteiger partial charge < -0.3 is 9.80 Å². The molecule has 0 spiro atoms. The first-order valence-corrected chi connectivity index (χ1v) is 13.6. The van der Waals surface area contributed by atoms with Gasteiger partial charge in [0.1, 0.15) is 0 Å². The van der Waals surface area contributed by atoms with Crippen molar-refractivity contribution in [3.05, 3.63) is 0 Å². The maximum Gasteiger partial charge on any atom is 0.0786 e. The highest BCUT2D eigenvalue weighted by Gasteiger charge is 2.28. The van der Waals surface area contributed by atoms with Crippen molar-refractivity contribution in [1.29, 1.82) is 0 Å². The van der Waals surface area contributed by atoms with Crippen molar-refractivity contribution in [2.24, 2.45) is 0 Å². The van der Waals surface area contributed by atoms with Crippen LogP contribution in [-0.4, -0.2) is 50.0 Å². The van der Waals surface area contributed by atoms with Crippen molar-refractivity contribution in [3.8, 4) is 0 Å². The number of unbranched alkanes of at least 4 members (excludes halogenated alkanes) is 13. The van der Waals surface area contributed by atoms with Crippen LogP contribution in [0.3, 0.4) is 0 Å². The standard InChI is InChI=1S/C25H52N2S/c1-26-20-14-9-5-4-7-11-16-22-27(23-17-13-18-24-27)21-15-10-6-2-3-8-12-19-25-28/h26H,2-25H2,1H3/p+1. The Balaban J connectivity index is 2.05. The molecule has 0 aromatic heterocycles. The highest BCUT2D eigenvalue weighted by Crippen LogP contribution is 2.22. The normalized spacial score (nSPS) is 16.5. The highest BCUT2D eigenvalue weighted by atomic mass is 32.1. The molecule has 0 unspecified atom stereocenters. The number of hydrogen-bond donors (Lipinski definition) is 2. The van der Waals surface area contributed by atoms with Crippen molar-refractivity contribution < 1.29 is 4.48 Å². The number of hydrogen-bond acceptors (Lipinski definition) is 2. The summed E-state index contributed by atoms with van der Waals surface area (Å²) in [6, 6.07) is 0. The zero-order valence-electron chi connectivity index (χ0n) is 19.4. The van der Waals surface area contributed by atoms with E-state index < -0.39 is 0 Å². The van der Waals surface area contributed by atoms with Gasteiger partial charge in [-0.05, 0) is 77.1 Å². The molecule has 0 radical (unpaired) electrons. The lowest BCUT2D eigenvalue weighted by atomic mass is 10.0. The van der Waals surface area contributed by atoms with Crippen LogP contribution in [0.2, 0.25) is 0 Å². The number of nitrogens with one attached hydrogen (secondary N) is 1. The van der Waals surface area contributed by atoms with E-state index in [4.69, 9.17) is 0 Å². The maximum absolute atomic E-state index is 4.30. The molecule has 3 heteroatoms. The van der Waals surface area contributed by atoms with Gasteiger partial charge in [-0.3, -0.25) is 0 Å². The highest BCUT2D eigenvalue weighted by molar-refractivity contribution is 7.80. The van der Waals surface area contributed by atoms with Crippen LogP contribution in [0.15, 0.2) is 0 Å². The molecule has 0 saturated carbocycles. The molecular formula is C25H53N2S+. The maximum atomic E-state index is 4.30. The Kier molecular flexibility index (Phi) is 18.1. The number of piperidine rings is 1. The predicted octanol–water partition coefficient (Wildman–Crippen LogP) is 6.99. The number of quaternary nitrogens is 1. The topological polar surface area (TPSA) is 12.0 Å². The number of likely N-dealkylation sites (tertiary alicyclic amines) is 1. The molecule has 0 aliphatic carbocycles. The molecule has 1 N–H and O–H groups in total. The van der Waals surface area contributed by atoms with Gasteiger partial charge in [0.15, 0.2) is 0 Å². The van der Waals surface area contributed by atoms with Gasteiger partial charge in [0.25, 0.3) is 0 Å². The zero-order valence-corrected chi connectivity index (χ0v) is 20.3. The Hall–Kier alpha value is 0.270. The Morgan fingerprint density at radius 3 is 1.46 bits per heavy atom. The van der Waals surface area contributed by atoms with Crippen LogP contribution in [0.4, 0.5) is 0 Å². The third kappa shape index (κ3) is 14.3. The van der Waals surface area contributed by atoms with Gasteiger partial charge >= 0.3 is 0 Å². The molecule has 28 heavy (non-hydrogen) atoms. The van der Waals surface area contributed by atoms with E-state index in [1.807, 2.05) is 0 Å². The minimum Gasteiger partial charge on any atom is -0.324 e. The quantitative estimate of drug-likeness (QED) is 0.124. The third-order valence-electron chi connectivity index (χ3n) is 6.86. The first-order chi connectivity index (χ1) is 13.8. The molecule has 1 aliphatic rings. The van der Waals surface area contributed by atoms with Crippen LogP contribution in [0.5, 0.6) is 0 Å². The molecule has 1 rings (SSSR count). The van der Waals surface area contributed by atoms with E-state index in [9.17, 15) is 0 Å². The fourth-order valence-corrected chi connectivity index (χ4v) is 5.22. The average Bonchev–Trinajstić information content (AvgIpc) is 2.72. The van der Waals surface area contributed by atoms with E-state index in [1.165, 1.54) is 153 Å². The minimum atomic E-state index is 1.07. The summed E-state index contributed by atoms with van der Waals surface area (Å²) in [5, 5.41) is 3.25. The second kappa shape index (κ2) is 19.2. The van der Waals surface area contributed by atoms with Crippen LogP contribution < -0.4 is 5.32 Å². The summed E-state index contributed by atoms with van der Waals surface area (Å²) in [6.45, 7) is 7.10. The van der Waals surface area contributed by atoms with E-state index in [-0.39, 0.29) is 0 Å². The summed E-state index contributed by atoms with van der Waals surface area (Å²) < 4.78 is 1.48. The van der Waals surface area contributed by atoms with Crippen LogP contribution in [0.25, 0.3) is 0 Å². The van der Waals surface area contributed by atoms with Gasteiger partial charge in [0.2, 0.25) is 0 Å². The first kappa shape index (κ1) is 26.3. The van der Waals surface area contributed by atoms with Gasteiger partial charge in [-0.1, -0.05) is 57.8 Å². The summed E-state index contributed by atoms with van der Waals surface area (Å²) in [5.74, 6) is 1.07. The molecule has 1 saturated heterocycles.